The molecule has 9 nitrogen and oxygen atoms in total. The lowest BCUT2D eigenvalue weighted by atomic mass is 10.0. The molecule has 1 fully saturated rings. The van der Waals surface area contributed by atoms with Crippen LogP contribution in [0.1, 0.15) is 18.9 Å². The van der Waals surface area contributed by atoms with Gasteiger partial charge >= 0.3 is 5.76 Å². The maximum absolute atomic E-state index is 12.5. The topological polar surface area (TPSA) is 130 Å². The number of amides is 1. The van der Waals surface area contributed by atoms with Gasteiger partial charge in [-0.3, -0.25) is 9.36 Å². The van der Waals surface area contributed by atoms with Crippen molar-refractivity contribution in [3.8, 4) is 17.2 Å². The molecule has 2 heterocycles. The van der Waals surface area contributed by atoms with Crippen LogP contribution in [-0.2, 0) is 22.5 Å². The van der Waals surface area contributed by atoms with Crippen LogP contribution in [0.5, 0.6) is 0 Å². The molecule has 178 valence electrons. The minimum Gasteiger partial charge on any atom is -0.408 e. The molecule has 1 aliphatic heterocycles. The van der Waals surface area contributed by atoms with Crippen LogP contribution in [-0.4, -0.2) is 53.5 Å². The van der Waals surface area contributed by atoms with Crippen molar-refractivity contribution >= 4 is 17.0 Å². The van der Waals surface area contributed by atoms with Crippen LogP contribution in [0, 0.1) is 11.3 Å². The fourth-order valence-corrected chi connectivity index (χ4v) is 4.02. The Morgan fingerprint density at radius 3 is 2.79 bits per heavy atom. The van der Waals surface area contributed by atoms with Gasteiger partial charge in [-0.2, -0.15) is 5.26 Å². The molecule has 3 aromatic rings. The molecule has 2 aromatic carbocycles. The van der Waals surface area contributed by atoms with E-state index in [1.807, 2.05) is 36.4 Å². The Balaban J connectivity index is 1.46. The van der Waals surface area contributed by atoms with Gasteiger partial charge in [0.05, 0.1) is 24.2 Å². The highest BCUT2D eigenvalue weighted by Gasteiger charge is 2.23. The van der Waals surface area contributed by atoms with Crippen molar-refractivity contribution in [3.05, 3.63) is 58.6 Å². The summed E-state index contributed by atoms with van der Waals surface area (Å²) >= 11 is 0. The molecule has 1 aliphatic rings. The second-order valence-corrected chi connectivity index (χ2v) is 8.52. The molecule has 4 rings (SSSR count). The zero-order valence-corrected chi connectivity index (χ0v) is 19.0. The first kappa shape index (κ1) is 23.7. The molecule has 0 bridgehead atoms. The summed E-state index contributed by atoms with van der Waals surface area (Å²) in [6, 6.07) is 14.7. The molecule has 1 saturated heterocycles. The number of nitrogens with one attached hydrogen (secondary N) is 2. The molecule has 1 amide bonds. The molecule has 0 spiro atoms. The largest absolute Gasteiger partial charge is 0.420 e. The Morgan fingerprint density at radius 2 is 2.06 bits per heavy atom. The Hall–Kier alpha value is -3.45. The van der Waals surface area contributed by atoms with E-state index < -0.39 is 24.0 Å². The molecule has 3 N–H and O–H groups in total. The third-order valence-electron chi connectivity index (χ3n) is 5.75. The minimum absolute atomic E-state index is 0.150. The Morgan fingerprint density at radius 1 is 1.29 bits per heavy atom. The average molecular weight is 465 g/mol. The number of hydrogen-bond donors (Lipinski definition) is 3. The number of carbonyl (C=O) groups excluding carboxylic acids is 1. The lowest BCUT2D eigenvalue weighted by molar-refractivity contribution is -0.132. The Bertz CT molecular complexity index is 1230. The third kappa shape index (κ3) is 5.54. The first-order chi connectivity index (χ1) is 16.4. The SMILES string of the molecule is C[C@@H](O)Cn1c(=O)oc2ccc(-c3ccc(C[C@@H](C#N)NC(=O)[C@@H]4CNCCCO4)cc3)cc21. The Kier molecular flexibility index (Phi) is 7.43. The van der Waals surface area contributed by atoms with Crippen LogP contribution in [0.25, 0.3) is 22.2 Å². The molecule has 34 heavy (non-hydrogen) atoms. The van der Waals surface area contributed by atoms with Crippen LogP contribution in [0.3, 0.4) is 0 Å². The van der Waals surface area contributed by atoms with E-state index in [1.54, 1.807) is 13.0 Å². The van der Waals surface area contributed by atoms with Gasteiger partial charge in [0.25, 0.3) is 5.91 Å². The first-order valence-corrected chi connectivity index (χ1v) is 11.4. The maximum Gasteiger partial charge on any atom is 0.420 e. The number of ether oxygens (including phenoxy) is 1. The number of benzene rings is 2. The van der Waals surface area contributed by atoms with Gasteiger partial charge in [-0.15, -0.1) is 0 Å². The highest BCUT2D eigenvalue weighted by atomic mass is 16.5. The molecule has 1 aromatic heterocycles. The average Bonchev–Trinajstić information content (AvgIpc) is 2.99. The number of hydrogen-bond acceptors (Lipinski definition) is 7. The van der Waals surface area contributed by atoms with Crippen molar-refractivity contribution in [2.45, 2.75) is 44.6 Å². The van der Waals surface area contributed by atoms with Crippen molar-refractivity contribution in [2.24, 2.45) is 0 Å². The fraction of sp³-hybridized carbons (Fsp3) is 0.400. The molecule has 3 atom stereocenters. The molecule has 0 saturated carbocycles. The summed E-state index contributed by atoms with van der Waals surface area (Å²) in [4.78, 5) is 24.6. The minimum atomic E-state index is -0.680. The van der Waals surface area contributed by atoms with Crippen LogP contribution in [0.4, 0.5) is 0 Å². The van der Waals surface area contributed by atoms with Gasteiger partial charge < -0.3 is 24.9 Å². The number of nitriles is 1. The fourth-order valence-electron chi connectivity index (χ4n) is 4.02. The van der Waals surface area contributed by atoms with E-state index in [-0.39, 0.29) is 12.5 Å². The van der Waals surface area contributed by atoms with E-state index in [9.17, 15) is 20.0 Å². The summed E-state index contributed by atoms with van der Waals surface area (Å²) in [5, 5.41) is 25.2. The van der Waals surface area contributed by atoms with Crippen LogP contribution in [0.2, 0.25) is 0 Å². The van der Waals surface area contributed by atoms with Crippen molar-refractivity contribution in [1.29, 1.82) is 5.26 Å². The number of fused-ring (bicyclic) bond motifs is 1. The van der Waals surface area contributed by atoms with Crippen molar-refractivity contribution in [2.75, 3.05) is 19.7 Å². The molecular formula is C25H28N4O5. The molecular weight excluding hydrogens is 436 g/mol. The number of aliphatic hydroxyl groups excluding tert-OH is 1. The van der Waals surface area contributed by atoms with Gasteiger partial charge in [0.15, 0.2) is 5.58 Å². The number of rotatable bonds is 7. The second-order valence-electron chi connectivity index (χ2n) is 8.52. The van der Waals surface area contributed by atoms with E-state index in [4.69, 9.17) is 9.15 Å². The highest BCUT2D eigenvalue weighted by molar-refractivity contribution is 5.82. The van der Waals surface area contributed by atoms with E-state index in [0.717, 1.165) is 29.7 Å². The number of aromatic nitrogens is 1. The molecule has 9 heteroatoms. The number of carbonyl (C=O) groups is 1. The molecule has 0 radical (unpaired) electrons. The first-order valence-electron chi connectivity index (χ1n) is 11.4. The summed E-state index contributed by atoms with van der Waals surface area (Å²) < 4.78 is 12.2. The van der Waals surface area contributed by atoms with Crippen molar-refractivity contribution < 1.29 is 19.1 Å². The zero-order chi connectivity index (χ0) is 24.1. The molecule has 0 unspecified atom stereocenters. The van der Waals surface area contributed by atoms with Crippen molar-refractivity contribution in [1.82, 2.24) is 15.2 Å². The maximum atomic E-state index is 12.5. The standard InChI is InChI=1S/C25H28N4O5/c1-16(30)15-29-21-12-19(7-8-22(21)34-25(29)32)18-5-3-17(4-6-18)11-20(13-26)28-24(31)23-14-27-9-2-10-33-23/h3-8,12,16,20,23,27,30H,2,9-11,14-15H2,1H3,(H,28,31)/t16-,20+,23+/m1/s1. The van der Waals surface area contributed by atoms with Gasteiger partial charge in [-0.1, -0.05) is 30.3 Å². The van der Waals surface area contributed by atoms with Crippen molar-refractivity contribution in [3.63, 3.8) is 0 Å². The van der Waals surface area contributed by atoms with Gasteiger partial charge in [-0.25, -0.2) is 4.79 Å². The lowest BCUT2D eigenvalue weighted by Gasteiger charge is -2.18. The summed E-state index contributed by atoms with van der Waals surface area (Å²) in [6.07, 6.45) is -0.0495. The van der Waals surface area contributed by atoms with Gasteiger partial charge in [0, 0.05) is 19.6 Å². The lowest BCUT2D eigenvalue weighted by Crippen LogP contribution is -2.46. The van der Waals surface area contributed by atoms with Crippen LogP contribution < -0.4 is 16.4 Å². The summed E-state index contributed by atoms with van der Waals surface area (Å²) in [7, 11) is 0. The predicted molar refractivity (Wildman–Crippen MR) is 126 cm³/mol. The molecule has 0 aliphatic carbocycles. The zero-order valence-electron chi connectivity index (χ0n) is 19.0. The highest BCUT2D eigenvalue weighted by Crippen LogP contribution is 2.25. The summed E-state index contributed by atoms with van der Waals surface area (Å²) in [5.41, 5.74) is 3.81. The number of aliphatic hydroxyl groups is 1. The van der Waals surface area contributed by atoms with E-state index in [1.165, 1.54) is 4.57 Å². The van der Waals surface area contributed by atoms with Crippen LogP contribution in [0.15, 0.2) is 51.7 Å². The smallest absolute Gasteiger partial charge is 0.408 e. The Labute approximate surface area is 196 Å². The summed E-state index contributed by atoms with van der Waals surface area (Å²) in [5.74, 6) is -0.785. The second kappa shape index (κ2) is 10.7. The predicted octanol–water partition coefficient (Wildman–Crippen LogP) is 1.57. The van der Waals surface area contributed by atoms with Gasteiger partial charge in [-0.05, 0) is 48.7 Å². The summed E-state index contributed by atoms with van der Waals surface area (Å²) in [6.45, 7) is 3.53. The normalized spacial score (nSPS) is 18.1. The van der Waals surface area contributed by atoms with E-state index in [0.29, 0.717) is 30.7 Å². The number of nitrogens with zero attached hydrogens (tertiary/aromatic N) is 2. The van der Waals surface area contributed by atoms with Crippen LogP contribution >= 0.6 is 0 Å². The van der Waals surface area contributed by atoms with Gasteiger partial charge in [0.1, 0.15) is 12.1 Å². The van der Waals surface area contributed by atoms with E-state index in [2.05, 4.69) is 16.7 Å². The third-order valence-corrected chi connectivity index (χ3v) is 5.75. The quantitative estimate of drug-likeness (QED) is 0.484. The van der Waals surface area contributed by atoms with Gasteiger partial charge in [0.2, 0.25) is 0 Å². The monoisotopic (exact) mass is 464 g/mol. The van der Waals surface area contributed by atoms with E-state index >= 15 is 0 Å². The number of oxazole rings is 1.